The van der Waals surface area contributed by atoms with Gasteiger partial charge in [0.15, 0.2) is 24.8 Å². The van der Waals surface area contributed by atoms with Gasteiger partial charge in [-0.05, 0) is 52.6 Å². The highest BCUT2D eigenvalue weighted by molar-refractivity contribution is 6.35. The Morgan fingerprint density at radius 3 is 1.42 bits per heavy atom. The molecule has 0 saturated heterocycles. The minimum Gasteiger partial charge on any atom is -0.454 e. The number of ketones is 2. The maximum absolute atomic E-state index is 13.6. The Kier molecular flexibility index (Phi) is 9.63. The van der Waals surface area contributed by atoms with Crippen LogP contribution in [0.3, 0.4) is 0 Å². The number of imide groups is 1. The predicted octanol–water partition coefficient (Wildman–Crippen LogP) is 7.90. The zero-order valence-corrected chi connectivity index (χ0v) is 28.1. The summed E-state index contributed by atoms with van der Waals surface area (Å²) in [4.78, 5) is 79.7. The standard InChI is InChI=1S/C44H29NO8/c46-39(32-19-15-30(16-20-32)28-9-3-1-4-10-28)26-52-43(50)34-23-24-35-37(25-34)42(49)45(41(35)48)38-14-8-7-13-36(38)44(51)53-27-40(47)33-21-17-31(18-22-33)29-11-5-2-6-12-29/h1-25H,26-27H2. The van der Waals surface area contributed by atoms with Crippen molar-refractivity contribution < 1.29 is 38.2 Å². The van der Waals surface area contributed by atoms with Gasteiger partial charge in [0.05, 0.1) is 27.9 Å². The molecule has 1 heterocycles. The summed E-state index contributed by atoms with van der Waals surface area (Å²) in [6.45, 7) is -1.09. The van der Waals surface area contributed by atoms with Gasteiger partial charge in [-0.15, -0.1) is 0 Å². The van der Waals surface area contributed by atoms with Crippen molar-refractivity contribution in [2.45, 2.75) is 0 Å². The van der Waals surface area contributed by atoms with Crippen molar-refractivity contribution in [1.29, 1.82) is 0 Å². The lowest BCUT2D eigenvalue weighted by atomic mass is 10.0. The quantitative estimate of drug-likeness (QED) is 0.0760. The van der Waals surface area contributed by atoms with Gasteiger partial charge in [0.25, 0.3) is 11.8 Å². The molecule has 258 valence electrons. The molecule has 6 aromatic carbocycles. The van der Waals surface area contributed by atoms with Gasteiger partial charge in [0, 0.05) is 11.1 Å². The van der Waals surface area contributed by atoms with Crippen LogP contribution in [0.2, 0.25) is 0 Å². The van der Waals surface area contributed by atoms with Crippen molar-refractivity contribution in [1.82, 2.24) is 0 Å². The van der Waals surface area contributed by atoms with Gasteiger partial charge in [-0.2, -0.15) is 0 Å². The van der Waals surface area contributed by atoms with E-state index < -0.39 is 48.5 Å². The van der Waals surface area contributed by atoms with Crippen molar-refractivity contribution in [3.8, 4) is 22.3 Å². The molecule has 9 nitrogen and oxygen atoms in total. The lowest BCUT2D eigenvalue weighted by Crippen LogP contribution is -2.31. The summed E-state index contributed by atoms with van der Waals surface area (Å²) in [5.74, 6) is -4.10. The maximum Gasteiger partial charge on any atom is 0.340 e. The second-order valence-electron chi connectivity index (χ2n) is 12.1. The molecule has 0 radical (unpaired) electrons. The van der Waals surface area contributed by atoms with Crippen molar-refractivity contribution in [2.24, 2.45) is 0 Å². The Hall–Kier alpha value is -7.26. The molecule has 7 rings (SSSR count). The number of rotatable bonds is 11. The number of hydrogen-bond acceptors (Lipinski definition) is 8. The Bertz CT molecular complexity index is 2390. The van der Waals surface area contributed by atoms with Gasteiger partial charge in [-0.1, -0.05) is 121 Å². The molecule has 1 aliphatic rings. The molecule has 0 saturated carbocycles. The van der Waals surface area contributed by atoms with Crippen LogP contribution in [0.15, 0.2) is 152 Å². The summed E-state index contributed by atoms with van der Waals surface area (Å²) in [5, 5.41) is 0. The van der Waals surface area contributed by atoms with Crippen molar-refractivity contribution in [3.05, 3.63) is 185 Å². The van der Waals surface area contributed by atoms with Crippen LogP contribution in [0.1, 0.15) is 62.1 Å². The van der Waals surface area contributed by atoms with E-state index in [1.807, 2.05) is 72.8 Å². The highest BCUT2D eigenvalue weighted by Gasteiger charge is 2.39. The molecule has 0 atom stereocenters. The molecule has 0 aliphatic carbocycles. The van der Waals surface area contributed by atoms with Gasteiger partial charge in [0.1, 0.15) is 0 Å². The highest BCUT2D eigenvalue weighted by atomic mass is 16.5. The number of benzene rings is 6. The van der Waals surface area contributed by atoms with Crippen LogP contribution in [-0.4, -0.2) is 48.5 Å². The van der Waals surface area contributed by atoms with Gasteiger partial charge in [-0.3, -0.25) is 19.2 Å². The molecule has 9 heteroatoms. The largest absolute Gasteiger partial charge is 0.454 e. The van der Waals surface area contributed by atoms with Crippen molar-refractivity contribution in [3.63, 3.8) is 0 Å². The molecular formula is C44H29NO8. The van der Waals surface area contributed by atoms with Crippen molar-refractivity contribution >= 4 is 41.0 Å². The fourth-order valence-corrected chi connectivity index (χ4v) is 5.98. The van der Waals surface area contributed by atoms with Crippen LogP contribution in [-0.2, 0) is 9.47 Å². The van der Waals surface area contributed by atoms with Crippen LogP contribution >= 0.6 is 0 Å². The second kappa shape index (κ2) is 14.9. The topological polar surface area (TPSA) is 124 Å². The molecule has 0 N–H and O–H groups in total. The number of carbonyl (C=O) groups excluding carboxylic acids is 6. The number of nitrogens with zero attached hydrogens (tertiary/aromatic N) is 1. The summed E-state index contributed by atoms with van der Waals surface area (Å²) in [6.07, 6.45) is 0. The minimum atomic E-state index is -0.907. The smallest absolute Gasteiger partial charge is 0.340 e. The third-order valence-electron chi connectivity index (χ3n) is 8.78. The summed E-state index contributed by atoms with van der Waals surface area (Å²) in [7, 11) is 0. The van der Waals surface area contributed by atoms with E-state index in [0.29, 0.717) is 11.1 Å². The molecular weight excluding hydrogens is 670 g/mol. The Balaban J connectivity index is 0.994. The van der Waals surface area contributed by atoms with Crippen molar-refractivity contribution in [2.75, 3.05) is 18.1 Å². The monoisotopic (exact) mass is 699 g/mol. The molecule has 0 aromatic heterocycles. The Morgan fingerprint density at radius 1 is 0.434 bits per heavy atom. The normalized spacial score (nSPS) is 11.9. The maximum atomic E-state index is 13.6. The second-order valence-corrected chi connectivity index (χ2v) is 12.1. The zero-order valence-electron chi connectivity index (χ0n) is 28.1. The average Bonchev–Trinajstić information content (AvgIpc) is 3.47. The van der Waals surface area contributed by atoms with Gasteiger partial charge in [-0.25, -0.2) is 14.5 Å². The van der Waals surface area contributed by atoms with Crippen LogP contribution in [0.4, 0.5) is 5.69 Å². The number of fused-ring (bicyclic) bond motifs is 1. The number of amides is 2. The number of Topliss-reactive ketones (excluding diaryl/α,β-unsaturated/α-hetero) is 2. The van der Waals surface area contributed by atoms with E-state index in [1.54, 1.807) is 42.5 Å². The third-order valence-corrected chi connectivity index (χ3v) is 8.78. The van der Waals surface area contributed by atoms with E-state index >= 15 is 0 Å². The fourth-order valence-electron chi connectivity index (χ4n) is 5.98. The van der Waals surface area contributed by atoms with E-state index in [0.717, 1.165) is 27.2 Å². The van der Waals surface area contributed by atoms with E-state index in [4.69, 9.17) is 9.47 Å². The van der Waals surface area contributed by atoms with Crippen LogP contribution in [0, 0.1) is 0 Å². The first-order valence-corrected chi connectivity index (χ1v) is 16.6. The number of ether oxygens (including phenoxy) is 2. The number of para-hydroxylation sites is 1. The molecule has 0 spiro atoms. The van der Waals surface area contributed by atoms with E-state index in [9.17, 15) is 28.8 Å². The van der Waals surface area contributed by atoms with Crippen LogP contribution < -0.4 is 4.90 Å². The average molecular weight is 700 g/mol. The van der Waals surface area contributed by atoms with Gasteiger partial charge < -0.3 is 9.47 Å². The number of hydrogen-bond donors (Lipinski definition) is 0. The molecule has 0 bridgehead atoms. The molecule has 2 amide bonds. The Labute approximate surface area is 304 Å². The van der Waals surface area contributed by atoms with Gasteiger partial charge in [0.2, 0.25) is 0 Å². The summed E-state index contributed by atoms with van der Waals surface area (Å²) < 4.78 is 10.6. The number of anilines is 1. The highest BCUT2D eigenvalue weighted by Crippen LogP contribution is 2.32. The van der Waals surface area contributed by atoms with E-state index in [-0.39, 0.29) is 27.9 Å². The van der Waals surface area contributed by atoms with E-state index in [1.165, 1.54) is 36.4 Å². The minimum absolute atomic E-state index is 0.0124. The van der Waals surface area contributed by atoms with Gasteiger partial charge >= 0.3 is 11.9 Å². The number of esters is 2. The SMILES string of the molecule is O=C(COC(=O)c1ccc2c(c1)C(=O)N(c1ccccc1C(=O)OCC(=O)c1ccc(-c3ccccc3)cc1)C2=O)c1ccc(-c2ccccc2)cc1. The molecule has 1 aliphatic heterocycles. The van der Waals surface area contributed by atoms with Crippen LogP contribution in [0.25, 0.3) is 22.3 Å². The predicted molar refractivity (Wildman–Crippen MR) is 197 cm³/mol. The molecule has 0 unspecified atom stereocenters. The zero-order chi connectivity index (χ0) is 36.9. The summed E-state index contributed by atoms with van der Waals surface area (Å²) >= 11 is 0. The Morgan fingerprint density at radius 2 is 0.868 bits per heavy atom. The first-order valence-electron chi connectivity index (χ1n) is 16.6. The lowest BCUT2D eigenvalue weighted by Gasteiger charge is -2.17. The summed E-state index contributed by atoms with van der Waals surface area (Å²) in [6, 6.07) is 42.9. The number of carbonyl (C=O) groups is 6. The summed E-state index contributed by atoms with van der Waals surface area (Å²) in [5.41, 5.74) is 4.30. The third kappa shape index (κ3) is 7.17. The molecule has 0 fully saturated rings. The van der Waals surface area contributed by atoms with E-state index in [2.05, 4.69) is 0 Å². The fraction of sp³-hybridized carbons (Fsp3) is 0.0455. The van der Waals surface area contributed by atoms with Crippen LogP contribution in [0.5, 0.6) is 0 Å². The first-order chi connectivity index (χ1) is 25.8. The molecule has 6 aromatic rings. The molecule has 53 heavy (non-hydrogen) atoms. The first kappa shape index (κ1) is 34.2. The lowest BCUT2D eigenvalue weighted by molar-refractivity contribution is 0.0472.